The zero-order chi connectivity index (χ0) is 18.5. The molecule has 5 nitrogen and oxygen atoms in total. The number of rotatable bonds is 5. The van der Waals surface area contributed by atoms with E-state index in [2.05, 4.69) is 34.6 Å². The van der Waals surface area contributed by atoms with E-state index in [1.54, 1.807) is 7.11 Å². The van der Waals surface area contributed by atoms with Crippen molar-refractivity contribution in [2.24, 2.45) is 10.2 Å². The highest BCUT2D eigenvalue weighted by Gasteiger charge is 2.30. The summed E-state index contributed by atoms with van der Waals surface area (Å²) in [7, 11) is 1.63. The van der Waals surface area contributed by atoms with E-state index in [0.29, 0.717) is 11.6 Å². The van der Waals surface area contributed by atoms with Crippen LogP contribution in [0.15, 0.2) is 58.7 Å². The standard InChI is InChI=1S/C20H21N3O2S/c1-13-5-4-6-15(11-13)12-18-19(24)21-20(26-18)23-22-14(2)16-7-9-17(25-3)10-8-16/h4-11,18H,12H2,1-3H3,(H,21,23,24)/b22-14+/t18-/m1/s1. The lowest BCUT2D eigenvalue weighted by molar-refractivity contribution is -0.118. The molecule has 3 rings (SSSR count). The van der Waals surface area contributed by atoms with Crippen molar-refractivity contribution in [1.82, 2.24) is 5.32 Å². The van der Waals surface area contributed by atoms with Crippen molar-refractivity contribution >= 4 is 28.5 Å². The normalized spacial score (nSPS) is 18.9. The number of ether oxygens (including phenoxy) is 1. The smallest absolute Gasteiger partial charge is 0.239 e. The molecule has 0 radical (unpaired) electrons. The number of benzene rings is 2. The van der Waals surface area contributed by atoms with Crippen molar-refractivity contribution in [3.05, 3.63) is 65.2 Å². The fourth-order valence-corrected chi connectivity index (χ4v) is 3.61. The molecule has 1 N–H and O–H groups in total. The Balaban J connectivity index is 1.67. The van der Waals surface area contributed by atoms with Gasteiger partial charge in [-0.05, 0) is 55.7 Å². The number of amidine groups is 1. The molecule has 2 aromatic carbocycles. The molecule has 0 aromatic heterocycles. The Morgan fingerprint density at radius 3 is 2.69 bits per heavy atom. The number of hydrogen-bond acceptors (Lipinski definition) is 5. The molecule has 0 bridgehead atoms. The number of nitrogens with zero attached hydrogens (tertiary/aromatic N) is 2. The maximum Gasteiger partial charge on any atom is 0.239 e. The summed E-state index contributed by atoms with van der Waals surface area (Å²) in [4.78, 5) is 12.2. The first kappa shape index (κ1) is 18.2. The largest absolute Gasteiger partial charge is 0.497 e. The van der Waals surface area contributed by atoms with Crippen molar-refractivity contribution in [1.29, 1.82) is 0 Å². The van der Waals surface area contributed by atoms with Crippen LogP contribution in [-0.4, -0.2) is 29.1 Å². The van der Waals surface area contributed by atoms with Crippen LogP contribution in [0.1, 0.15) is 23.6 Å². The molecular weight excluding hydrogens is 346 g/mol. The molecule has 0 saturated carbocycles. The summed E-state index contributed by atoms with van der Waals surface area (Å²) < 4.78 is 5.15. The molecule has 0 spiro atoms. The van der Waals surface area contributed by atoms with Crippen LogP contribution in [0.3, 0.4) is 0 Å². The number of carbonyl (C=O) groups excluding carboxylic acids is 1. The highest BCUT2D eigenvalue weighted by Crippen LogP contribution is 2.24. The van der Waals surface area contributed by atoms with E-state index in [1.165, 1.54) is 17.3 Å². The number of amides is 1. The molecule has 1 saturated heterocycles. The van der Waals surface area contributed by atoms with Crippen molar-refractivity contribution in [3.63, 3.8) is 0 Å². The molecule has 26 heavy (non-hydrogen) atoms. The zero-order valence-electron chi connectivity index (χ0n) is 15.0. The van der Waals surface area contributed by atoms with Gasteiger partial charge in [0.2, 0.25) is 5.91 Å². The fraction of sp³-hybridized carbons (Fsp3) is 0.250. The maximum absolute atomic E-state index is 12.2. The highest BCUT2D eigenvalue weighted by molar-refractivity contribution is 8.15. The van der Waals surface area contributed by atoms with Crippen molar-refractivity contribution in [3.8, 4) is 5.75 Å². The average molecular weight is 367 g/mol. The number of methoxy groups -OCH3 is 1. The highest BCUT2D eigenvalue weighted by atomic mass is 32.2. The summed E-state index contributed by atoms with van der Waals surface area (Å²) in [6.07, 6.45) is 0.679. The quantitative estimate of drug-likeness (QED) is 0.649. The third-order valence-electron chi connectivity index (χ3n) is 4.08. The average Bonchev–Trinajstić information content (AvgIpc) is 2.99. The van der Waals surface area contributed by atoms with Crippen LogP contribution in [0.25, 0.3) is 0 Å². The molecule has 1 aliphatic heterocycles. The van der Waals surface area contributed by atoms with Crippen LogP contribution in [0.4, 0.5) is 0 Å². The van der Waals surface area contributed by atoms with Crippen LogP contribution in [-0.2, 0) is 11.2 Å². The van der Waals surface area contributed by atoms with Gasteiger partial charge >= 0.3 is 0 Å². The summed E-state index contributed by atoms with van der Waals surface area (Å²) in [6, 6.07) is 15.8. The van der Waals surface area contributed by atoms with Crippen LogP contribution in [0.2, 0.25) is 0 Å². The van der Waals surface area contributed by atoms with Gasteiger partial charge in [-0.3, -0.25) is 4.79 Å². The lowest BCUT2D eigenvalue weighted by atomic mass is 10.1. The molecule has 0 unspecified atom stereocenters. The molecule has 2 aromatic rings. The number of thioether (sulfide) groups is 1. The topological polar surface area (TPSA) is 63.1 Å². The molecule has 1 aliphatic rings. The Morgan fingerprint density at radius 2 is 2.00 bits per heavy atom. The van der Waals surface area contributed by atoms with Gasteiger partial charge in [-0.1, -0.05) is 41.6 Å². The van der Waals surface area contributed by atoms with Gasteiger partial charge in [-0.25, -0.2) is 0 Å². The predicted molar refractivity (Wildman–Crippen MR) is 107 cm³/mol. The van der Waals surface area contributed by atoms with Crippen molar-refractivity contribution in [2.45, 2.75) is 25.5 Å². The summed E-state index contributed by atoms with van der Waals surface area (Å²) in [5.74, 6) is 0.776. The molecule has 1 fully saturated rings. The van der Waals surface area contributed by atoms with E-state index in [0.717, 1.165) is 22.6 Å². The van der Waals surface area contributed by atoms with E-state index in [9.17, 15) is 4.79 Å². The maximum atomic E-state index is 12.2. The molecule has 1 atom stereocenters. The third kappa shape index (κ3) is 4.52. The Bertz CT molecular complexity index is 860. The van der Waals surface area contributed by atoms with Crippen molar-refractivity contribution < 1.29 is 9.53 Å². The van der Waals surface area contributed by atoms with Crippen LogP contribution >= 0.6 is 11.8 Å². The molecule has 0 aliphatic carbocycles. The van der Waals surface area contributed by atoms with E-state index in [4.69, 9.17) is 4.74 Å². The van der Waals surface area contributed by atoms with Gasteiger partial charge in [0, 0.05) is 0 Å². The second-order valence-corrected chi connectivity index (χ2v) is 7.30. The lowest BCUT2D eigenvalue weighted by Gasteiger charge is -2.05. The SMILES string of the molecule is COc1ccc(/C(C)=N/N=C2/NC(=O)[C@@H](Cc3cccc(C)c3)S2)cc1. The molecule has 1 heterocycles. The molecule has 134 valence electrons. The zero-order valence-corrected chi connectivity index (χ0v) is 15.8. The first-order valence-electron chi connectivity index (χ1n) is 8.35. The lowest BCUT2D eigenvalue weighted by Crippen LogP contribution is -2.26. The number of carbonyl (C=O) groups is 1. The van der Waals surface area contributed by atoms with Gasteiger partial charge in [0.1, 0.15) is 5.75 Å². The summed E-state index contributed by atoms with van der Waals surface area (Å²) in [6.45, 7) is 3.94. The molecular formula is C20H21N3O2S. The number of nitrogens with one attached hydrogen (secondary N) is 1. The summed E-state index contributed by atoms with van der Waals surface area (Å²) >= 11 is 1.42. The predicted octanol–water partition coefficient (Wildman–Crippen LogP) is 3.56. The van der Waals surface area contributed by atoms with E-state index in [1.807, 2.05) is 43.3 Å². The minimum Gasteiger partial charge on any atom is -0.497 e. The first-order valence-corrected chi connectivity index (χ1v) is 9.23. The van der Waals surface area contributed by atoms with Crippen LogP contribution in [0, 0.1) is 6.92 Å². The van der Waals surface area contributed by atoms with E-state index < -0.39 is 0 Å². The van der Waals surface area contributed by atoms with Crippen molar-refractivity contribution in [2.75, 3.05) is 7.11 Å². The minimum absolute atomic E-state index is 0.0208. The molecule has 6 heteroatoms. The van der Waals surface area contributed by atoms with Gasteiger partial charge in [0.25, 0.3) is 0 Å². The van der Waals surface area contributed by atoms with E-state index in [-0.39, 0.29) is 11.2 Å². The monoisotopic (exact) mass is 367 g/mol. The third-order valence-corrected chi connectivity index (χ3v) is 5.15. The van der Waals surface area contributed by atoms with Gasteiger partial charge in [0.05, 0.1) is 18.1 Å². The van der Waals surface area contributed by atoms with Crippen LogP contribution in [0.5, 0.6) is 5.75 Å². The molecule has 1 amide bonds. The van der Waals surface area contributed by atoms with Gasteiger partial charge in [-0.15, -0.1) is 5.10 Å². The summed E-state index contributed by atoms with van der Waals surface area (Å²) in [5.41, 5.74) is 4.08. The first-order chi connectivity index (χ1) is 12.5. The van der Waals surface area contributed by atoms with E-state index >= 15 is 0 Å². The Kier molecular flexibility index (Phi) is 5.73. The summed E-state index contributed by atoms with van der Waals surface area (Å²) in [5, 5.41) is 11.6. The van der Waals surface area contributed by atoms with Gasteiger partial charge in [0.15, 0.2) is 5.17 Å². The number of aryl methyl sites for hydroxylation is 1. The number of hydrogen-bond donors (Lipinski definition) is 1. The second-order valence-electron chi connectivity index (χ2n) is 6.11. The second kappa shape index (κ2) is 8.19. The Labute approximate surface area is 157 Å². The Morgan fingerprint density at radius 1 is 1.23 bits per heavy atom. The Hall–Kier alpha value is -2.60. The van der Waals surface area contributed by atoms with Gasteiger partial charge < -0.3 is 10.1 Å². The fourth-order valence-electron chi connectivity index (χ4n) is 2.65. The van der Waals surface area contributed by atoms with Gasteiger partial charge in [-0.2, -0.15) is 5.10 Å². The van der Waals surface area contributed by atoms with Crippen LogP contribution < -0.4 is 10.1 Å². The minimum atomic E-state index is -0.174.